The lowest BCUT2D eigenvalue weighted by atomic mass is 10.0. The Morgan fingerprint density at radius 1 is 0.530 bits per heavy atom. The van der Waals surface area contributed by atoms with Gasteiger partial charge >= 0.3 is 7.82 Å². The third-order valence-electron chi connectivity index (χ3n) is 12.2. The predicted octanol–water partition coefficient (Wildman–Crippen LogP) is 16.5. The minimum absolute atomic E-state index is 0.0610. The molecule has 3 unspecified atom stereocenters. The first-order valence-electron chi connectivity index (χ1n) is 27.7. The van der Waals surface area contributed by atoms with Crippen LogP contribution in [0.4, 0.5) is 0 Å². The zero-order chi connectivity index (χ0) is 48.5. The minimum atomic E-state index is -4.34. The van der Waals surface area contributed by atoms with E-state index in [0.717, 1.165) is 64.2 Å². The van der Waals surface area contributed by atoms with Crippen molar-refractivity contribution in [1.29, 1.82) is 0 Å². The molecule has 0 aromatic heterocycles. The monoisotopic (exact) mass is 948 g/mol. The van der Waals surface area contributed by atoms with E-state index >= 15 is 0 Å². The van der Waals surface area contributed by atoms with E-state index in [0.29, 0.717) is 17.4 Å². The number of nitrogens with one attached hydrogen (secondary N) is 1. The van der Waals surface area contributed by atoms with Crippen LogP contribution in [0.25, 0.3) is 0 Å². The Morgan fingerprint density at radius 3 is 1.33 bits per heavy atom. The summed E-state index contributed by atoms with van der Waals surface area (Å²) in [6, 6.07) is -0.847. The lowest BCUT2D eigenvalue weighted by Gasteiger charge is -2.25. The number of amides is 1. The van der Waals surface area contributed by atoms with E-state index in [9.17, 15) is 19.4 Å². The molecule has 0 heterocycles. The van der Waals surface area contributed by atoms with Crippen molar-refractivity contribution in [2.45, 2.75) is 257 Å². The molecule has 1 amide bonds. The van der Waals surface area contributed by atoms with Gasteiger partial charge in [0.25, 0.3) is 0 Å². The van der Waals surface area contributed by atoms with E-state index in [2.05, 4.69) is 67.8 Å². The van der Waals surface area contributed by atoms with Crippen LogP contribution in [-0.4, -0.2) is 73.4 Å². The van der Waals surface area contributed by atoms with Gasteiger partial charge in [-0.25, -0.2) is 4.57 Å². The summed E-state index contributed by atoms with van der Waals surface area (Å²) in [4.78, 5) is 23.3. The molecular weight excluding hydrogens is 840 g/mol. The number of carbonyl (C=O) groups is 1. The molecule has 3 atom stereocenters. The number of likely N-dealkylation sites (N-methyl/N-ethyl adjacent to an activating group) is 1. The van der Waals surface area contributed by atoms with E-state index in [1.54, 1.807) is 6.08 Å². The number of allylic oxidation sites excluding steroid dienone is 9. The highest BCUT2D eigenvalue weighted by molar-refractivity contribution is 7.47. The van der Waals surface area contributed by atoms with Crippen molar-refractivity contribution in [3.8, 4) is 0 Å². The molecule has 9 heteroatoms. The average Bonchev–Trinajstić information content (AvgIpc) is 3.28. The number of phosphoric acid groups is 1. The van der Waals surface area contributed by atoms with Gasteiger partial charge in [0.15, 0.2) is 0 Å². The molecule has 0 aliphatic carbocycles. The molecule has 0 radical (unpaired) electrons. The molecular formula is C57H108N2O6P+. The number of quaternary nitrogens is 1. The maximum absolute atomic E-state index is 13.0. The molecule has 0 aromatic rings. The van der Waals surface area contributed by atoms with Crippen molar-refractivity contribution >= 4 is 13.7 Å². The first-order valence-corrected chi connectivity index (χ1v) is 29.2. The highest BCUT2D eigenvalue weighted by atomic mass is 31.2. The number of aliphatic hydroxyl groups excluding tert-OH is 1. The first kappa shape index (κ1) is 64.2. The van der Waals surface area contributed by atoms with Gasteiger partial charge in [0, 0.05) is 6.42 Å². The summed E-state index contributed by atoms with van der Waals surface area (Å²) in [5.74, 6) is -0.177. The van der Waals surface area contributed by atoms with E-state index in [1.165, 1.54) is 161 Å². The SMILES string of the molecule is CC/C=C\C/C=C\C/C=C\C/C=C\CCCCCCCCCCCCCCCCCCC(=O)NC(COP(=O)(O)OCC[N+](C)(C)C)C(O)/C=C/CCCCCCCCCCCCCCC. The molecule has 0 aromatic carbocycles. The third kappa shape index (κ3) is 50.1. The summed E-state index contributed by atoms with van der Waals surface area (Å²) >= 11 is 0. The summed E-state index contributed by atoms with van der Waals surface area (Å²) < 4.78 is 23.7. The number of hydrogen-bond acceptors (Lipinski definition) is 5. The Kier molecular flexibility index (Phi) is 46.9. The van der Waals surface area contributed by atoms with Crippen LogP contribution in [0.15, 0.2) is 60.8 Å². The molecule has 8 nitrogen and oxygen atoms in total. The summed E-state index contributed by atoms with van der Waals surface area (Å²) in [6.45, 7) is 4.72. The number of unbranched alkanes of at least 4 members (excludes halogenated alkanes) is 29. The largest absolute Gasteiger partial charge is 0.472 e. The number of aliphatic hydroxyl groups is 1. The van der Waals surface area contributed by atoms with Gasteiger partial charge in [-0.2, -0.15) is 0 Å². The normalized spacial score (nSPS) is 14.5. The van der Waals surface area contributed by atoms with Crippen LogP contribution in [0.1, 0.15) is 245 Å². The van der Waals surface area contributed by atoms with Gasteiger partial charge in [0.1, 0.15) is 13.2 Å². The van der Waals surface area contributed by atoms with Crippen LogP contribution in [0.3, 0.4) is 0 Å². The molecule has 0 fully saturated rings. The maximum atomic E-state index is 13.0. The van der Waals surface area contributed by atoms with Crippen LogP contribution in [-0.2, 0) is 18.4 Å². The Hall–Kier alpha value is -1.80. The summed E-state index contributed by atoms with van der Waals surface area (Å²) in [5, 5.41) is 13.9. The summed E-state index contributed by atoms with van der Waals surface area (Å²) in [6.07, 6.45) is 64.5. The average molecular weight is 948 g/mol. The van der Waals surface area contributed by atoms with Crippen molar-refractivity contribution in [2.75, 3.05) is 40.9 Å². The van der Waals surface area contributed by atoms with Gasteiger partial charge in [-0.05, 0) is 57.8 Å². The van der Waals surface area contributed by atoms with E-state index in [1.807, 2.05) is 27.2 Å². The molecule has 0 saturated carbocycles. The van der Waals surface area contributed by atoms with Gasteiger partial charge < -0.3 is 19.8 Å². The molecule has 66 heavy (non-hydrogen) atoms. The standard InChI is InChI=1S/C57H107N2O6P/c1-6-8-10-12-14-16-18-20-22-23-24-25-26-27-28-29-30-31-32-33-34-35-37-39-41-43-45-47-49-51-57(61)58-55(54-65-66(62,63)64-53-52-59(3,4)5)56(60)50-48-46-44-42-40-38-36-21-19-17-15-13-11-9-7-2/h8,10,14,16,20,22,24-25,48,50,55-56,60H,6-7,9,11-13,15,17-19,21,23,26-47,49,51-54H2,1-5H3,(H-,58,61,62,63)/p+1/b10-8-,16-14-,22-20-,25-24-,50-48+. The van der Waals surface area contributed by atoms with Crippen LogP contribution in [0.2, 0.25) is 0 Å². The number of phosphoric ester groups is 1. The van der Waals surface area contributed by atoms with Crippen molar-refractivity contribution in [3.05, 3.63) is 60.8 Å². The molecule has 0 aliphatic heterocycles. The minimum Gasteiger partial charge on any atom is -0.387 e. The van der Waals surface area contributed by atoms with Crippen molar-refractivity contribution in [1.82, 2.24) is 5.32 Å². The van der Waals surface area contributed by atoms with Gasteiger partial charge in [0.05, 0.1) is 39.9 Å². The third-order valence-corrected chi connectivity index (χ3v) is 13.2. The lowest BCUT2D eigenvalue weighted by molar-refractivity contribution is -0.870. The second-order valence-corrected chi connectivity index (χ2v) is 21.4. The van der Waals surface area contributed by atoms with E-state index < -0.39 is 20.0 Å². The highest BCUT2D eigenvalue weighted by Gasteiger charge is 2.27. The predicted molar refractivity (Wildman–Crippen MR) is 286 cm³/mol. The van der Waals surface area contributed by atoms with Crippen LogP contribution in [0.5, 0.6) is 0 Å². The number of rotatable bonds is 50. The Labute approximate surface area is 409 Å². The summed E-state index contributed by atoms with van der Waals surface area (Å²) in [5.41, 5.74) is 0. The van der Waals surface area contributed by atoms with Gasteiger partial charge in [-0.3, -0.25) is 13.8 Å². The van der Waals surface area contributed by atoms with Crippen LogP contribution < -0.4 is 5.32 Å². The molecule has 0 aliphatic rings. The molecule has 0 bridgehead atoms. The van der Waals surface area contributed by atoms with Crippen molar-refractivity contribution in [3.63, 3.8) is 0 Å². The quantitative estimate of drug-likeness (QED) is 0.0243. The van der Waals surface area contributed by atoms with Gasteiger partial charge in [-0.1, -0.05) is 242 Å². The highest BCUT2D eigenvalue weighted by Crippen LogP contribution is 2.43. The maximum Gasteiger partial charge on any atom is 0.472 e. The first-order chi connectivity index (χ1) is 32.0. The van der Waals surface area contributed by atoms with Crippen molar-refractivity contribution < 1.29 is 32.9 Å². The zero-order valence-corrected chi connectivity index (χ0v) is 44.8. The van der Waals surface area contributed by atoms with Gasteiger partial charge in [-0.15, -0.1) is 0 Å². The zero-order valence-electron chi connectivity index (χ0n) is 43.9. The summed E-state index contributed by atoms with van der Waals surface area (Å²) in [7, 11) is 1.57. The lowest BCUT2D eigenvalue weighted by Crippen LogP contribution is -2.45. The second-order valence-electron chi connectivity index (χ2n) is 19.9. The van der Waals surface area contributed by atoms with E-state index in [4.69, 9.17) is 9.05 Å². The topological polar surface area (TPSA) is 105 Å². The second kappa shape index (κ2) is 48.2. The fraction of sp³-hybridized carbons (Fsp3) is 0.807. The number of hydrogen-bond donors (Lipinski definition) is 3. The van der Waals surface area contributed by atoms with Gasteiger partial charge in [0.2, 0.25) is 5.91 Å². The van der Waals surface area contributed by atoms with E-state index in [-0.39, 0.29) is 19.1 Å². The molecule has 0 saturated heterocycles. The molecule has 0 rings (SSSR count). The smallest absolute Gasteiger partial charge is 0.387 e. The van der Waals surface area contributed by atoms with Crippen molar-refractivity contribution in [2.24, 2.45) is 0 Å². The number of nitrogens with zero attached hydrogens (tertiary/aromatic N) is 1. The molecule has 0 spiro atoms. The van der Waals surface area contributed by atoms with Crippen LogP contribution >= 0.6 is 7.82 Å². The molecule has 3 N–H and O–H groups in total. The number of carbonyl (C=O) groups excluding carboxylic acids is 1. The Bertz CT molecular complexity index is 1260. The fourth-order valence-corrected chi connectivity index (χ4v) is 8.65. The van der Waals surface area contributed by atoms with Crippen LogP contribution in [0, 0.1) is 0 Å². The Morgan fingerprint density at radius 2 is 0.909 bits per heavy atom. The Balaban J connectivity index is 4.14. The fourth-order valence-electron chi connectivity index (χ4n) is 7.92. The molecule has 386 valence electrons.